The third-order valence-corrected chi connectivity index (χ3v) is 7.03. The molecule has 8 nitrogen and oxygen atoms in total. The number of hydrogen-bond donors (Lipinski definition) is 2. The van der Waals surface area contributed by atoms with Crippen molar-refractivity contribution in [1.82, 2.24) is 5.32 Å². The summed E-state index contributed by atoms with van der Waals surface area (Å²) in [6.07, 6.45) is 0.728. The fourth-order valence-electron chi connectivity index (χ4n) is 3.78. The van der Waals surface area contributed by atoms with Crippen molar-refractivity contribution < 1.29 is 27.1 Å². The van der Waals surface area contributed by atoms with Crippen molar-refractivity contribution >= 4 is 32.6 Å². The lowest BCUT2D eigenvalue weighted by Gasteiger charge is -2.13. The van der Waals surface area contributed by atoms with Crippen molar-refractivity contribution in [2.75, 3.05) is 17.9 Å². The van der Waals surface area contributed by atoms with Crippen molar-refractivity contribution in [3.8, 4) is 11.5 Å². The van der Waals surface area contributed by atoms with Crippen LogP contribution in [0.15, 0.2) is 82.1 Å². The van der Waals surface area contributed by atoms with Gasteiger partial charge in [-0.2, -0.15) is 0 Å². The molecule has 180 valence electrons. The van der Waals surface area contributed by atoms with Crippen molar-refractivity contribution in [3.05, 3.63) is 84.1 Å². The molecule has 0 saturated carbocycles. The predicted molar refractivity (Wildman–Crippen MR) is 131 cm³/mol. The number of benzene rings is 3. The number of nitrogens with one attached hydrogen (secondary N) is 2. The molecule has 0 spiro atoms. The van der Waals surface area contributed by atoms with Gasteiger partial charge < -0.3 is 19.2 Å². The highest BCUT2D eigenvalue weighted by Crippen LogP contribution is 2.32. The zero-order valence-corrected chi connectivity index (χ0v) is 19.8. The molecule has 0 saturated heterocycles. The van der Waals surface area contributed by atoms with Gasteiger partial charge in [0.25, 0.3) is 15.9 Å². The first-order valence-electron chi connectivity index (χ1n) is 11.2. The highest BCUT2D eigenvalue weighted by molar-refractivity contribution is 7.92. The number of rotatable bonds is 6. The smallest absolute Gasteiger partial charge is 0.262 e. The van der Waals surface area contributed by atoms with Crippen LogP contribution >= 0.6 is 0 Å². The largest absolute Gasteiger partial charge is 0.490 e. The lowest BCUT2D eigenvalue weighted by atomic mass is 10.1. The molecule has 1 aliphatic rings. The summed E-state index contributed by atoms with van der Waals surface area (Å²) in [5.41, 5.74) is 1.49. The molecule has 9 heteroatoms. The molecule has 1 aliphatic heterocycles. The van der Waals surface area contributed by atoms with E-state index in [1.807, 2.05) is 37.3 Å². The lowest BCUT2D eigenvalue weighted by Crippen LogP contribution is -2.26. The number of hydrogen-bond acceptors (Lipinski definition) is 6. The maximum absolute atomic E-state index is 12.9. The molecule has 1 atom stereocenters. The number of ether oxygens (including phenoxy) is 2. The minimum absolute atomic E-state index is 0.0585. The Morgan fingerprint density at radius 1 is 0.914 bits per heavy atom. The molecule has 35 heavy (non-hydrogen) atoms. The van der Waals surface area contributed by atoms with E-state index in [4.69, 9.17) is 13.9 Å². The van der Waals surface area contributed by atoms with E-state index in [-0.39, 0.29) is 16.8 Å². The second-order valence-corrected chi connectivity index (χ2v) is 9.91. The number of carbonyl (C=O) groups excluding carboxylic acids is 1. The molecule has 0 fully saturated rings. The zero-order chi connectivity index (χ0) is 24.4. The van der Waals surface area contributed by atoms with E-state index < -0.39 is 10.0 Å². The molecular weight excluding hydrogens is 468 g/mol. The molecule has 2 heterocycles. The van der Waals surface area contributed by atoms with Crippen LogP contribution in [-0.2, 0) is 10.0 Å². The van der Waals surface area contributed by atoms with Crippen LogP contribution in [0.1, 0.15) is 35.5 Å². The van der Waals surface area contributed by atoms with Crippen LogP contribution < -0.4 is 19.5 Å². The summed E-state index contributed by atoms with van der Waals surface area (Å²) in [7, 11) is -3.86. The number of fused-ring (bicyclic) bond motifs is 2. The summed E-state index contributed by atoms with van der Waals surface area (Å²) >= 11 is 0. The third kappa shape index (κ3) is 4.95. The highest BCUT2D eigenvalue weighted by atomic mass is 32.2. The average molecular weight is 493 g/mol. The monoisotopic (exact) mass is 492 g/mol. The van der Waals surface area contributed by atoms with E-state index in [1.165, 1.54) is 12.1 Å². The second-order valence-electron chi connectivity index (χ2n) is 8.22. The highest BCUT2D eigenvalue weighted by Gasteiger charge is 2.20. The maximum atomic E-state index is 12.9. The van der Waals surface area contributed by atoms with Crippen LogP contribution in [0.25, 0.3) is 11.0 Å². The summed E-state index contributed by atoms with van der Waals surface area (Å²) in [4.78, 5) is 12.8. The second kappa shape index (κ2) is 9.34. The van der Waals surface area contributed by atoms with E-state index in [0.717, 1.165) is 17.4 Å². The van der Waals surface area contributed by atoms with Crippen LogP contribution in [-0.4, -0.2) is 27.5 Å². The summed E-state index contributed by atoms with van der Waals surface area (Å²) in [5, 5.41) is 3.87. The molecular formula is C26H24N2O6S. The SMILES string of the molecule is CC(NC(=O)c1ccc(NS(=O)(=O)c2ccc3c(c2)OCCCO3)cc1)c1cc2ccccc2o1. The summed E-state index contributed by atoms with van der Waals surface area (Å²) < 4.78 is 45.2. The number of furan rings is 1. The predicted octanol–water partition coefficient (Wildman–Crippen LogP) is 4.89. The summed E-state index contributed by atoms with van der Waals surface area (Å²) in [6.45, 7) is 2.82. The van der Waals surface area contributed by atoms with E-state index in [1.54, 1.807) is 30.3 Å². The maximum Gasteiger partial charge on any atom is 0.262 e. The Kier molecular flexibility index (Phi) is 6.08. The number of sulfonamides is 1. The van der Waals surface area contributed by atoms with E-state index in [9.17, 15) is 13.2 Å². The quantitative estimate of drug-likeness (QED) is 0.397. The third-order valence-electron chi connectivity index (χ3n) is 5.65. The normalized spacial score (nSPS) is 14.2. The van der Waals surface area contributed by atoms with E-state index >= 15 is 0 Å². The number of para-hydroxylation sites is 1. The fraction of sp³-hybridized carbons (Fsp3) is 0.192. The first kappa shape index (κ1) is 22.8. The number of amides is 1. The van der Waals surface area contributed by atoms with Gasteiger partial charge in [-0.1, -0.05) is 18.2 Å². The Morgan fingerprint density at radius 3 is 2.43 bits per heavy atom. The van der Waals surface area contributed by atoms with Gasteiger partial charge in [-0.3, -0.25) is 9.52 Å². The Morgan fingerprint density at radius 2 is 1.66 bits per heavy atom. The number of carbonyl (C=O) groups is 1. The van der Waals surface area contributed by atoms with Gasteiger partial charge in [0.15, 0.2) is 11.5 Å². The zero-order valence-electron chi connectivity index (χ0n) is 19.0. The van der Waals surface area contributed by atoms with Crippen LogP contribution in [0.5, 0.6) is 11.5 Å². The first-order chi connectivity index (χ1) is 16.9. The standard InChI is InChI=1S/C26H24N2O6S/c1-17(24-15-19-5-2-3-6-22(19)34-24)27-26(29)18-7-9-20(10-8-18)28-35(30,31)21-11-12-23-25(16-21)33-14-4-13-32-23/h2-3,5-12,15-17,28H,4,13-14H2,1H3,(H,27,29). The Balaban J connectivity index is 1.26. The van der Waals surface area contributed by atoms with Crippen LogP contribution in [0, 0.1) is 0 Å². The number of anilines is 1. The van der Waals surface area contributed by atoms with E-state index in [0.29, 0.717) is 41.7 Å². The van der Waals surface area contributed by atoms with Gasteiger partial charge in [-0.05, 0) is 55.5 Å². The lowest BCUT2D eigenvalue weighted by molar-refractivity contribution is 0.0935. The molecule has 1 unspecified atom stereocenters. The van der Waals surface area contributed by atoms with Gasteiger partial charge in [-0.15, -0.1) is 0 Å². The van der Waals surface area contributed by atoms with Crippen LogP contribution in [0.2, 0.25) is 0 Å². The van der Waals surface area contributed by atoms with Gasteiger partial charge in [0.1, 0.15) is 11.3 Å². The minimum atomic E-state index is -3.86. The van der Waals surface area contributed by atoms with Gasteiger partial charge in [-0.25, -0.2) is 8.42 Å². The molecule has 3 aromatic carbocycles. The van der Waals surface area contributed by atoms with Gasteiger partial charge in [0.2, 0.25) is 0 Å². The van der Waals surface area contributed by atoms with Crippen LogP contribution in [0.4, 0.5) is 5.69 Å². The molecule has 0 radical (unpaired) electrons. The molecule has 5 rings (SSSR count). The summed E-state index contributed by atoms with van der Waals surface area (Å²) in [6, 6.07) is 19.9. The van der Waals surface area contributed by atoms with Crippen LogP contribution in [0.3, 0.4) is 0 Å². The Bertz CT molecular complexity index is 1440. The fourth-order valence-corrected chi connectivity index (χ4v) is 4.86. The van der Waals surface area contributed by atoms with Gasteiger partial charge in [0, 0.05) is 29.1 Å². The average Bonchev–Trinajstić information content (AvgIpc) is 3.15. The first-order valence-corrected chi connectivity index (χ1v) is 12.7. The Labute approximate surface area is 202 Å². The van der Waals surface area contributed by atoms with Crippen molar-refractivity contribution in [2.45, 2.75) is 24.3 Å². The van der Waals surface area contributed by atoms with Crippen molar-refractivity contribution in [1.29, 1.82) is 0 Å². The summed E-state index contributed by atoms with van der Waals surface area (Å²) in [5.74, 6) is 1.28. The molecule has 1 amide bonds. The van der Waals surface area contributed by atoms with Gasteiger partial charge >= 0.3 is 0 Å². The van der Waals surface area contributed by atoms with E-state index in [2.05, 4.69) is 10.0 Å². The topological polar surface area (TPSA) is 107 Å². The molecule has 4 aromatic rings. The minimum Gasteiger partial charge on any atom is -0.490 e. The van der Waals surface area contributed by atoms with Crippen molar-refractivity contribution in [3.63, 3.8) is 0 Å². The molecule has 2 N–H and O–H groups in total. The van der Waals surface area contributed by atoms with Crippen molar-refractivity contribution in [2.24, 2.45) is 0 Å². The molecule has 0 bridgehead atoms. The molecule has 0 aliphatic carbocycles. The van der Waals surface area contributed by atoms with Gasteiger partial charge in [0.05, 0.1) is 24.2 Å². The Hall–Kier alpha value is -3.98. The molecule has 1 aromatic heterocycles.